The van der Waals surface area contributed by atoms with E-state index in [1.54, 1.807) is 0 Å². The van der Waals surface area contributed by atoms with Crippen molar-refractivity contribution in [3.63, 3.8) is 0 Å². The highest BCUT2D eigenvalue weighted by Crippen LogP contribution is 2.37. The van der Waals surface area contributed by atoms with Gasteiger partial charge in [-0.2, -0.15) is 9.90 Å². The minimum atomic E-state index is 0. The molecule has 7 atom stereocenters. The SMILES string of the molecule is BrC1CCCCCCC(Br)C(Br)C(Br)C(Br)C1Br.P. The molecular weight excluding hydrogens is 655 g/mol. The van der Waals surface area contributed by atoms with Gasteiger partial charge in [0, 0.05) is 29.0 Å². The van der Waals surface area contributed by atoms with Gasteiger partial charge in [0.05, 0.1) is 0 Å². The van der Waals surface area contributed by atoms with Gasteiger partial charge in [0.2, 0.25) is 0 Å². The van der Waals surface area contributed by atoms with Crippen LogP contribution in [0, 0.1) is 0 Å². The van der Waals surface area contributed by atoms with Gasteiger partial charge < -0.3 is 0 Å². The maximum absolute atomic E-state index is 3.84. The molecule has 0 saturated heterocycles. The molecule has 1 rings (SSSR count). The normalized spacial score (nSPS) is 42.6. The summed E-state index contributed by atoms with van der Waals surface area (Å²) in [6.07, 6.45) is 7.80. The molecule has 0 heterocycles. The Bertz CT molecular complexity index is 218. The van der Waals surface area contributed by atoms with Gasteiger partial charge in [0.15, 0.2) is 0 Å². The Labute approximate surface area is 171 Å². The summed E-state index contributed by atoms with van der Waals surface area (Å²) in [4.78, 5) is 2.70. The van der Waals surface area contributed by atoms with Crippen molar-refractivity contribution in [3.05, 3.63) is 0 Å². The van der Waals surface area contributed by atoms with Crippen LogP contribution in [0.1, 0.15) is 38.5 Å². The first-order valence-corrected chi connectivity index (χ1v) is 11.8. The molecule has 0 aromatic heterocycles. The predicted octanol–water partition coefficient (Wildman–Crippen LogP) is 6.98. The highest BCUT2D eigenvalue weighted by atomic mass is 79.9. The molecule has 0 aromatic rings. The number of hydrogen-bond donors (Lipinski definition) is 0. The summed E-state index contributed by atoms with van der Waals surface area (Å²) in [6.45, 7) is 0. The van der Waals surface area contributed by atoms with Crippen molar-refractivity contribution in [1.29, 1.82) is 0 Å². The molecule has 0 nitrogen and oxygen atoms in total. The fraction of sp³-hybridized carbons (Fsp3) is 1.00. The average molecular weight is 676 g/mol. The number of hydrogen-bond acceptors (Lipinski definition) is 0. The largest absolute Gasteiger partial charge is 0.153 e. The maximum Gasteiger partial charge on any atom is 0.0418 e. The van der Waals surface area contributed by atoms with E-state index in [2.05, 4.69) is 95.6 Å². The lowest BCUT2D eigenvalue weighted by atomic mass is 10.0. The molecule has 0 N–H and O–H groups in total. The van der Waals surface area contributed by atoms with Gasteiger partial charge in [-0.3, -0.25) is 0 Å². The smallest absolute Gasteiger partial charge is 0.0418 e. The van der Waals surface area contributed by atoms with Crippen molar-refractivity contribution in [2.45, 2.75) is 67.5 Å². The number of halogens is 6. The van der Waals surface area contributed by atoms with E-state index in [0.717, 1.165) is 0 Å². The molecule has 0 aliphatic heterocycles. The van der Waals surface area contributed by atoms with E-state index in [9.17, 15) is 0 Å². The quantitative estimate of drug-likeness (QED) is 0.192. The number of rotatable bonds is 0. The molecule has 0 spiro atoms. The lowest BCUT2D eigenvalue weighted by Gasteiger charge is -2.31. The van der Waals surface area contributed by atoms with Crippen LogP contribution >= 0.6 is 105 Å². The van der Waals surface area contributed by atoms with Crippen LogP contribution in [-0.4, -0.2) is 29.0 Å². The van der Waals surface area contributed by atoms with Crippen molar-refractivity contribution in [2.75, 3.05) is 0 Å². The van der Waals surface area contributed by atoms with E-state index < -0.39 is 0 Å². The molecule has 0 amide bonds. The Kier molecular flexibility index (Phi) is 13.8. The first-order chi connectivity index (χ1) is 8.45. The molecule has 1 saturated carbocycles. The zero-order valence-electron chi connectivity index (χ0n) is 10.7. The third-order valence-corrected chi connectivity index (χ3v) is 13.6. The zero-order chi connectivity index (χ0) is 13.7. The molecule has 1 aliphatic rings. The topological polar surface area (TPSA) is 0 Å². The predicted molar refractivity (Wildman–Crippen MR) is 115 cm³/mol. The Hall–Kier alpha value is 3.31. The maximum atomic E-state index is 3.84. The first kappa shape index (κ1) is 22.3. The van der Waals surface area contributed by atoms with Gasteiger partial charge in [-0.25, -0.2) is 0 Å². The minimum absolute atomic E-state index is 0. The molecule has 7 heteroatoms. The van der Waals surface area contributed by atoms with Crippen LogP contribution in [0.25, 0.3) is 0 Å². The summed E-state index contributed by atoms with van der Waals surface area (Å²) in [5.41, 5.74) is 0. The second-order valence-corrected chi connectivity index (χ2v) is 11.4. The monoisotopic (exact) mass is 670 g/mol. The van der Waals surface area contributed by atoms with E-state index in [1.165, 1.54) is 38.5 Å². The Balaban J connectivity index is 0.00000324. The Morgan fingerprint density at radius 1 is 0.474 bits per heavy atom. The second kappa shape index (κ2) is 11.8. The summed E-state index contributed by atoms with van der Waals surface area (Å²) in [7, 11) is 0. The van der Waals surface area contributed by atoms with Crippen molar-refractivity contribution >= 4 is 105 Å². The summed E-state index contributed by atoms with van der Waals surface area (Å²) in [5.74, 6) is 0. The zero-order valence-corrected chi connectivity index (χ0v) is 21.6. The molecule has 1 aliphatic carbocycles. The van der Waals surface area contributed by atoms with Crippen LogP contribution in [0.2, 0.25) is 0 Å². The van der Waals surface area contributed by atoms with Gasteiger partial charge in [0.1, 0.15) is 0 Å². The van der Waals surface area contributed by atoms with Gasteiger partial charge in [-0.05, 0) is 12.8 Å². The van der Waals surface area contributed by atoms with Crippen molar-refractivity contribution in [1.82, 2.24) is 0 Å². The van der Waals surface area contributed by atoms with E-state index in [-0.39, 0.29) is 9.90 Å². The van der Waals surface area contributed by atoms with E-state index in [0.29, 0.717) is 29.0 Å². The number of alkyl halides is 6. The molecule has 0 bridgehead atoms. The summed E-state index contributed by atoms with van der Waals surface area (Å²) >= 11 is 23.0. The van der Waals surface area contributed by atoms with Gasteiger partial charge >= 0.3 is 0 Å². The Morgan fingerprint density at radius 2 is 0.789 bits per heavy atom. The molecule has 7 unspecified atom stereocenters. The molecular formula is C12H21Br6P. The third-order valence-electron chi connectivity index (χ3n) is 3.31. The summed E-state index contributed by atoms with van der Waals surface area (Å²) in [6, 6.07) is 0. The van der Waals surface area contributed by atoms with Crippen molar-refractivity contribution < 1.29 is 0 Å². The molecule has 0 aromatic carbocycles. The fourth-order valence-electron chi connectivity index (χ4n) is 2.10. The van der Waals surface area contributed by atoms with Gasteiger partial charge in [-0.1, -0.05) is 121 Å². The summed E-state index contributed by atoms with van der Waals surface area (Å²) < 4.78 is 0. The molecule has 116 valence electrons. The van der Waals surface area contributed by atoms with E-state index >= 15 is 0 Å². The minimum Gasteiger partial charge on any atom is -0.153 e. The van der Waals surface area contributed by atoms with Crippen LogP contribution in [-0.2, 0) is 0 Å². The lowest BCUT2D eigenvalue weighted by Crippen LogP contribution is -2.39. The molecule has 19 heavy (non-hydrogen) atoms. The van der Waals surface area contributed by atoms with E-state index in [4.69, 9.17) is 0 Å². The van der Waals surface area contributed by atoms with Crippen molar-refractivity contribution in [2.24, 2.45) is 0 Å². The highest BCUT2D eigenvalue weighted by Gasteiger charge is 2.35. The lowest BCUT2D eigenvalue weighted by molar-refractivity contribution is 0.549. The van der Waals surface area contributed by atoms with Gasteiger partial charge in [0.25, 0.3) is 0 Å². The second-order valence-electron chi connectivity index (χ2n) is 4.80. The third kappa shape index (κ3) is 7.61. The van der Waals surface area contributed by atoms with Crippen LogP contribution in [0.3, 0.4) is 0 Å². The molecule has 0 radical (unpaired) electrons. The fourth-order valence-corrected chi connectivity index (χ4v) is 7.63. The standard InChI is InChI=1S/C12H18Br6.H3P/c13-7-5-3-1-2-4-6-8(14)10(16)12(18)11(17)9(7)15;/h7-12H,1-6H2;1H3. The van der Waals surface area contributed by atoms with E-state index in [1.807, 2.05) is 0 Å². The van der Waals surface area contributed by atoms with Crippen LogP contribution in [0.4, 0.5) is 0 Å². The summed E-state index contributed by atoms with van der Waals surface area (Å²) in [5, 5.41) is 0. The van der Waals surface area contributed by atoms with Crippen LogP contribution in [0.5, 0.6) is 0 Å². The highest BCUT2D eigenvalue weighted by molar-refractivity contribution is 9.15. The average Bonchev–Trinajstić information content (AvgIpc) is 2.37. The molecule has 1 fully saturated rings. The van der Waals surface area contributed by atoms with Crippen LogP contribution in [0.15, 0.2) is 0 Å². The first-order valence-electron chi connectivity index (χ1n) is 6.29. The van der Waals surface area contributed by atoms with Gasteiger partial charge in [-0.15, -0.1) is 0 Å². The Morgan fingerprint density at radius 3 is 1.11 bits per heavy atom. The van der Waals surface area contributed by atoms with Crippen molar-refractivity contribution in [3.8, 4) is 0 Å². The van der Waals surface area contributed by atoms with Crippen LogP contribution < -0.4 is 0 Å².